The second-order valence-electron chi connectivity index (χ2n) is 7.57. The third-order valence-electron chi connectivity index (χ3n) is 5.52. The molecule has 0 aliphatic heterocycles. The topological polar surface area (TPSA) is 82.9 Å². The fourth-order valence-electron chi connectivity index (χ4n) is 3.75. The number of para-hydroxylation sites is 1. The van der Waals surface area contributed by atoms with Crippen molar-refractivity contribution in [3.8, 4) is 17.1 Å². The molecule has 8 heteroatoms. The molecule has 0 fully saturated rings. The Labute approximate surface area is 187 Å². The van der Waals surface area contributed by atoms with E-state index in [0.29, 0.717) is 22.2 Å². The van der Waals surface area contributed by atoms with Gasteiger partial charge in [0.2, 0.25) is 11.7 Å². The molecule has 0 saturated carbocycles. The fourth-order valence-corrected chi connectivity index (χ4v) is 3.75. The maximum atomic E-state index is 13.5. The van der Waals surface area contributed by atoms with Crippen LogP contribution in [-0.4, -0.2) is 19.3 Å². The van der Waals surface area contributed by atoms with Gasteiger partial charge in [-0.2, -0.15) is 4.98 Å². The third kappa shape index (κ3) is 3.76. The summed E-state index contributed by atoms with van der Waals surface area (Å²) in [6.45, 7) is 2.01. The van der Waals surface area contributed by atoms with Crippen LogP contribution in [0.25, 0.3) is 28.0 Å². The average Bonchev–Trinajstić information content (AvgIpc) is 3.31. The summed E-state index contributed by atoms with van der Waals surface area (Å²) in [6.07, 6.45) is 0.852. The highest BCUT2D eigenvalue weighted by Gasteiger charge is 2.17. The van der Waals surface area contributed by atoms with Crippen LogP contribution in [-0.2, 0) is 13.0 Å². The van der Waals surface area contributed by atoms with Crippen molar-refractivity contribution in [1.29, 1.82) is 0 Å². The molecule has 2 aromatic heterocycles. The van der Waals surface area contributed by atoms with Gasteiger partial charge in [0.25, 0.3) is 5.56 Å². The highest BCUT2D eigenvalue weighted by atomic mass is 19.1. The van der Waals surface area contributed by atoms with Crippen LogP contribution in [0.2, 0.25) is 0 Å². The lowest BCUT2D eigenvalue weighted by Gasteiger charge is -2.13. The largest absolute Gasteiger partial charge is 0.337 e. The molecule has 0 N–H and O–H groups in total. The van der Waals surface area contributed by atoms with Crippen LogP contribution in [0, 0.1) is 5.82 Å². The van der Waals surface area contributed by atoms with Crippen molar-refractivity contribution in [2.24, 2.45) is 0 Å². The second kappa shape index (κ2) is 8.31. The highest BCUT2D eigenvalue weighted by Crippen LogP contribution is 2.17. The smallest absolute Gasteiger partial charge is 0.336 e. The number of aromatic nitrogens is 4. The number of rotatable bonds is 5. The van der Waals surface area contributed by atoms with E-state index >= 15 is 0 Å². The molecule has 0 aliphatic carbocycles. The molecule has 5 aromatic rings. The Morgan fingerprint density at radius 3 is 2.39 bits per heavy atom. The van der Waals surface area contributed by atoms with Crippen molar-refractivity contribution >= 4 is 10.9 Å². The zero-order valence-corrected chi connectivity index (χ0v) is 17.7. The van der Waals surface area contributed by atoms with Gasteiger partial charge in [-0.3, -0.25) is 9.36 Å². The molecule has 0 aliphatic rings. The van der Waals surface area contributed by atoms with E-state index in [1.165, 1.54) is 16.7 Å². The van der Waals surface area contributed by atoms with E-state index in [9.17, 15) is 14.0 Å². The van der Waals surface area contributed by atoms with Crippen molar-refractivity contribution < 1.29 is 8.91 Å². The summed E-state index contributed by atoms with van der Waals surface area (Å²) in [6, 6.07) is 19.9. The molecule has 5 rings (SSSR count). The van der Waals surface area contributed by atoms with Crippen LogP contribution >= 0.6 is 0 Å². The van der Waals surface area contributed by atoms with Crippen LogP contribution in [0.3, 0.4) is 0 Å². The molecule has 3 aromatic carbocycles. The van der Waals surface area contributed by atoms with Crippen LogP contribution in [0.4, 0.5) is 4.39 Å². The van der Waals surface area contributed by atoms with Crippen LogP contribution in [0.15, 0.2) is 86.9 Å². The lowest BCUT2D eigenvalue weighted by atomic mass is 10.1. The van der Waals surface area contributed by atoms with Gasteiger partial charge in [0.05, 0.1) is 16.6 Å². The predicted octanol–water partition coefficient (Wildman–Crippen LogP) is 3.95. The summed E-state index contributed by atoms with van der Waals surface area (Å²) in [7, 11) is 0. The third-order valence-corrected chi connectivity index (χ3v) is 5.52. The molecular weight excluding hydrogens is 423 g/mol. The van der Waals surface area contributed by atoms with E-state index in [0.717, 1.165) is 16.6 Å². The summed E-state index contributed by atoms with van der Waals surface area (Å²) < 4.78 is 21.2. The summed E-state index contributed by atoms with van der Waals surface area (Å²) in [4.78, 5) is 31.0. The van der Waals surface area contributed by atoms with E-state index in [2.05, 4.69) is 10.1 Å². The van der Waals surface area contributed by atoms with Crippen LogP contribution < -0.4 is 11.2 Å². The molecule has 7 nitrogen and oxygen atoms in total. The van der Waals surface area contributed by atoms with Crippen LogP contribution in [0.5, 0.6) is 0 Å². The van der Waals surface area contributed by atoms with E-state index in [4.69, 9.17) is 4.52 Å². The standard InChI is InChI=1S/C25H19FN4O3/c1-2-16-7-13-19(14-8-16)30-24(31)20-5-3-4-6-21(20)29(25(30)32)15-22-27-23(28-33-22)17-9-11-18(26)12-10-17/h3-14H,2,15H2,1H3. The molecule has 0 spiro atoms. The first-order valence-corrected chi connectivity index (χ1v) is 10.5. The summed E-state index contributed by atoms with van der Waals surface area (Å²) in [5, 5.41) is 4.34. The van der Waals surface area contributed by atoms with Gasteiger partial charge >= 0.3 is 5.69 Å². The van der Waals surface area contributed by atoms with E-state index in [-0.39, 0.29) is 24.1 Å². The Bertz CT molecular complexity index is 1570. The quantitative estimate of drug-likeness (QED) is 0.412. The number of fused-ring (bicyclic) bond motifs is 1. The molecule has 0 unspecified atom stereocenters. The van der Waals surface area contributed by atoms with Crippen molar-refractivity contribution in [2.75, 3.05) is 0 Å². The molecule has 0 atom stereocenters. The van der Waals surface area contributed by atoms with Crippen molar-refractivity contribution in [3.05, 3.63) is 111 Å². The van der Waals surface area contributed by atoms with E-state index < -0.39 is 11.2 Å². The molecule has 0 saturated heterocycles. The molecule has 33 heavy (non-hydrogen) atoms. The van der Waals surface area contributed by atoms with Crippen LogP contribution in [0.1, 0.15) is 18.4 Å². The maximum absolute atomic E-state index is 13.5. The molecule has 2 heterocycles. The first-order chi connectivity index (χ1) is 16.0. The first kappa shape index (κ1) is 20.6. The Balaban J connectivity index is 1.63. The summed E-state index contributed by atoms with van der Waals surface area (Å²) in [5.74, 6) is 0.105. The van der Waals surface area contributed by atoms with Gasteiger partial charge in [-0.05, 0) is 60.5 Å². The Morgan fingerprint density at radius 1 is 0.939 bits per heavy atom. The second-order valence-corrected chi connectivity index (χ2v) is 7.57. The van der Waals surface area contributed by atoms with Gasteiger partial charge < -0.3 is 4.52 Å². The predicted molar refractivity (Wildman–Crippen MR) is 122 cm³/mol. The number of hydrogen-bond donors (Lipinski definition) is 0. The van der Waals surface area contributed by atoms with Gasteiger partial charge in [0, 0.05) is 5.56 Å². The van der Waals surface area contributed by atoms with Crippen molar-refractivity contribution in [2.45, 2.75) is 19.9 Å². The Kier molecular flexibility index (Phi) is 5.18. The Morgan fingerprint density at radius 2 is 1.67 bits per heavy atom. The zero-order valence-electron chi connectivity index (χ0n) is 17.7. The molecule has 0 radical (unpaired) electrons. The number of aryl methyl sites for hydroxylation is 1. The SMILES string of the molecule is CCc1ccc(-n2c(=O)c3ccccc3n(Cc3nc(-c4ccc(F)cc4)no3)c2=O)cc1. The highest BCUT2D eigenvalue weighted by molar-refractivity contribution is 5.78. The number of halogens is 1. The molecule has 0 bridgehead atoms. The lowest BCUT2D eigenvalue weighted by molar-refractivity contribution is 0.370. The minimum Gasteiger partial charge on any atom is -0.337 e. The van der Waals surface area contributed by atoms with Crippen molar-refractivity contribution in [3.63, 3.8) is 0 Å². The lowest BCUT2D eigenvalue weighted by Crippen LogP contribution is -2.39. The monoisotopic (exact) mass is 442 g/mol. The van der Waals surface area contributed by atoms with Gasteiger partial charge in [0.15, 0.2) is 0 Å². The normalized spacial score (nSPS) is 11.2. The van der Waals surface area contributed by atoms with Gasteiger partial charge in [-0.1, -0.05) is 36.3 Å². The van der Waals surface area contributed by atoms with Gasteiger partial charge in [-0.15, -0.1) is 0 Å². The van der Waals surface area contributed by atoms with E-state index in [1.807, 2.05) is 19.1 Å². The Hall–Kier alpha value is -4.33. The van der Waals surface area contributed by atoms with Gasteiger partial charge in [-0.25, -0.2) is 13.8 Å². The number of nitrogens with zero attached hydrogens (tertiary/aromatic N) is 4. The minimum absolute atomic E-state index is 0.0269. The molecule has 0 amide bonds. The number of hydrogen-bond acceptors (Lipinski definition) is 5. The first-order valence-electron chi connectivity index (χ1n) is 10.5. The molecular formula is C25H19FN4O3. The average molecular weight is 442 g/mol. The maximum Gasteiger partial charge on any atom is 0.336 e. The van der Waals surface area contributed by atoms with E-state index in [1.54, 1.807) is 48.5 Å². The number of benzene rings is 3. The molecule has 164 valence electrons. The zero-order chi connectivity index (χ0) is 22.9. The summed E-state index contributed by atoms with van der Waals surface area (Å²) in [5.41, 5.74) is 1.74. The summed E-state index contributed by atoms with van der Waals surface area (Å²) >= 11 is 0. The minimum atomic E-state index is -0.510. The van der Waals surface area contributed by atoms with Gasteiger partial charge in [0.1, 0.15) is 12.4 Å². The fraction of sp³-hybridized carbons (Fsp3) is 0.120. The van der Waals surface area contributed by atoms with Crippen molar-refractivity contribution in [1.82, 2.24) is 19.3 Å².